The Balaban J connectivity index is 1.53. The van der Waals surface area contributed by atoms with Crippen LogP contribution in [-0.2, 0) is 0 Å². The second-order valence-corrected chi connectivity index (χ2v) is 7.67. The van der Waals surface area contributed by atoms with Crippen molar-refractivity contribution >= 4 is 28.6 Å². The molecular weight excluding hydrogens is 398 g/mol. The van der Waals surface area contributed by atoms with Crippen molar-refractivity contribution in [3.05, 3.63) is 52.0 Å². The van der Waals surface area contributed by atoms with E-state index in [-0.39, 0.29) is 11.5 Å². The molecular formula is C22H25N5O4. The van der Waals surface area contributed by atoms with Gasteiger partial charge in [0.05, 0.1) is 7.11 Å². The second kappa shape index (κ2) is 8.25. The predicted molar refractivity (Wildman–Crippen MR) is 118 cm³/mol. The van der Waals surface area contributed by atoms with E-state index >= 15 is 0 Å². The highest BCUT2D eigenvalue weighted by molar-refractivity contribution is 5.97. The second-order valence-electron chi connectivity index (χ2n) is 7.67. The molecule has 1 amide bonds. The van der Waals surface area contributed by atoms with Crippen LogP contribution in [0.5, 0.6) is 5.75 Å². The Labute approximate surface area is 179 Å². The van der Waals surface area contributed by atoms with E-state index < -0.39 is 5.63 Å². The van der Waals surface area contributed by atoms with Gasteiger partial charge in [-0.1, -0.05) is 12.1 Å². The van der Waals surface area contributed by atoms with E-state index in [0.29, 0.717) is 48.8 Å². The molecule has 0 spiro atoms. The van der Waals surface area contributed by atoms with Gasteiger partial charge in [0.1, 0.15) is 11.4 Å². The van der Waals surface area contributed by atoms with Gasteiger partial charge >= 0.3 is 5.63 Å². The van der Waals surface area contributed by atoms with Crippen LogP contribution in [0.4, 0.5) is 11.8 Å². The normalized spacial score (nSPS) is 14.1. The number of ether oxygens (including phenoxy) is 1. The van der Waals surface area contributed by atoms with Crippen LogP contribution in [0.1, 0.15) is 16.1 Å². The lowest BCUT2D eigenvalue weighted by Crippen LogP contribution is -2.50. The zero-order valence-corrected chi connectivity index (χ0v) is 18.1. The molecule has 3 heterocycles. The molecule has 1 aromatic carbocycles. The minimum atomic E-state index is -0.665. The molecule has 0 atom stereocenters. The van der Waals surface area contributed by atoms with Gasteiger partial charge in [-0.3, -0.25) is 4.79 Å². The summed E-state index contributed by atoms with van der Waals surface area (Å²) in [6.45, 7) is 4.02. The van der Waals surface area contributed by atoms with Crippen molar-refractivity contribution in [3.8, 4) is 5.75 Å². The number of amides is 1. The number of benzene rings is 1. The Morgan fingerprint density at radius 1 is 1.13 bits per heavy atom. The molecule has 0 aliphatic carbocycles. The van der Waals surface area contributed by atoms with Gasteiger partial charge in [-0.05, 0) is 19.1 Å². The number of methoxy groups -OCH3 is 1. The molecule has 3 aromatic rings. The molecule has 0 radical (unpaired) electrons. The zero-order valence-electron chi connectivity index (χ0n) is 18.1. The van der Waals surface area contributed by atoms with E-state index in [0.717, 1.165) is 11.5 Å². The van der Waals surface area contributed by atoms with Crippen LogP contribution < -0.4 is 20.2 Å². The fourth-order valence-electron chi connectivity index (χ4n) is 3.61. The van der Waals surface area contributed by atoms with E-state index in [4.69, 9.17) is 9.15 Å². The molecule has 0 saturated carbocycles. The maximum atomic E-state index is 13.0. The van der Waals surface area contributed by atoms with Crippen LogP contribution in [-0.4, -0.2) is 68.2 Å². The summed E-state index contributed by atoms with van der Waals surface area (Å²) in [5.74, 6) is 1.60. The van der Waals surface area contributed by atoms with Crippen molar-refractivity contribution in [2.45, 2.75) is 6.92 Å². The third-order valence-corrected chi connectivity index (χ3v) is 5.31. The van der Waals surface area contributed by atoms with E-state index in [1.807, 2.05) is 32.0 Å². The van der Waals surface area contributed by atoms with Crippen molar-refractivity contribution < 1.29 is 13.9 Å². The summed E-state index contributed by atoms with van der Waals surface area (Å²) in [5.41, 5.74) is 0.582. The Bertz CT molecular complexity index is 1180. The van der Waals surface area contributed by atoms with Crippen LogP contribution in [0, 0.1) is 6.92 Å². The lowest BCUT2D eigenvalue weighted by molar-refractivity contribution is 0.0742. The smallest absolute Gasteiger partial charge is 0.349 e. The number of anilines is 2. The molecule has 1 saturated heterocycles. The quantitative estimate of drug-likeness (QED) is 0.588. The molecule has 0 bridgehead atoms. The first kappa shape index (κ1) is 20.6. The molecule has 31 heavy (non-hydrogen) atoms. The summed E-state index contributed by atoms with van der Waals surface area (Å²) < 4.78 is 10.6. The minimum absolute atomic E-state index is 0.0240. The maximum absolute atomic E-state index is 13.0. The third-order valence-electron chi connectivity index (χ3n) is 5.31. The van der Waals surface area contributed by atoms with Crippen LogP contribution in [0.15, 0.2) is 39.5 Å². The van der Waals surface area contributed by atoms with Gasteiger partial charge in [0.15, 0.2) is 11.3 Å². The lowest BCUT2D eigenvalue weighted by Gasteiger charge is -2.35. The highest BCUT2D eigenvalue weighted by atomic mass is 16.5. The van der Waals surface area contributed by atoms with Gasteiger partial charge in [-0.2, -0.15) is 4.98 Å². The number of nitrogens with zero attached hydrogens (tertiary/aromatic N) is 5. The molecule has 1 aliphatic heterocycles. The molecule has 9 nitrogen and oxygen atoms in total. The molecule has 0 N–H and O–H groups in total. The van der Waals surface area contributed by atoms with Crippen LogP contribution in [0.3, 0.4) is 0 Å². The average Bonchev–Trinajstić information content (AvgIpc) is 2.77. The van der Waals surface area contributed by atoms with Crippen LogP contribution in [0.25, 0.3) is 11.0 Å². The SMILES string of the molecule is COc1cccc2cc(C(=O)N3CCN(c4nc(C)cc(N(C)C)n4)CC3)c(=O)oc12. The Hall–Kier alpha value is -3.62. The number of hydrogen-bond acceptors (Lipinski definition) is 8. The first-order valence-corrected chi connectivity index (χ1v) is 10.1. The monoisotopic (exact) mass is 423 g/mol. The van der Waals surface area contributed by atoms with Crippen molar-refractivity contribution in [2.24, 2.45) is 0 Å². The number of aryl methyl sites for hydroxylation is 1. The zero-order chi connectivity index (χ0) is 22.1. The van der Waals surface area contributed by atoms with Gasteiger partial charge in [0, 0.05) is 57.4 Å². The molecule has 9 heteroatoms. The van der Waals surface area contributed by atoms with Crippen LogP contribution >= 0.6 is 0 Å². The first-order valence-electron chi connectivity index (χ1n) is 10.1. The Morgan fingerprint density at radius 3 is 2.55 bits per heavy atom. The molecule has 2 aromatic heterocycles. The number of para-hydroxylation sites is 1. The maximum Gasteiger partial charge on any atom is 0.349 e. The van der Waals surface area contributed by atoms with Crippen molar-refractivity contribution in [2.75, 3.05) is 57.2 Å². The summed E-state index contributed by atoms with van der Waals surface area (Å²) in [6, 6.07) is 8.79. The number of carbonyl (C=O) groups excluding carboxylic acids is 1. The summed E-state index contributed by atoms with van der Waals surface area (Å²) in [6.07, 6.45) is 0. The highest BCUT2D eigenvalue weighted by Gasteiger charge is 2.26. The minimum Gasteiger partial charge on any atom is -0.493 e. The molecule has 162 valence electrons. The number of carbonyl (C=O) groups is 1. The summed E-state index contributed by atoms with van der Waals surface area (Å²) >= 11 is 0. The van der Waals surface area contributed by atoms with Gasteiger partial charge in [0.25, 0.3) is 5.91 Å². The standard InChI is InChI=1S/C22H25N5O4/c1-14-12-18(25(2)3)24-22(23-14)27-10-8-26(9-11-27)20(28)16-13-15-6-5-7-17(30-4)19(15)31-21(16)29/h5-7,12-13H,8-11H2,1-4H3. The fourth-order valence-corrected chi connectivity index (χ4v) is 3.61. The third kappa shape index (κ3) is 4.03. The molecule has 1 fully saturated rings. The number of fused-ring (bicyclic) bond motifs is 1. The van der Waals surface area contributed by atoms with E-state index in [9.17, 15) is 9.59 Å². The molecule has 0 unspecified atom stereocenters. The van der Waals surface area contributed by atoms with E-state index in [2.05, 4.69) is 14.9 Å². The number of hydrogen-bond donors (Lipinski definition) is 0. The van der Waals surface area contributed by atoms with Crippen molar-refractivity contribution in [3.63, 3.8) is 0 Å². The van der Waals surface area contributed by atoms with Gasteiger partial charge in [-0.15, -0.1) is 0 Å². The van der Waals surface area contributed by atoms with E-state index in [1.165, 1.54) is 7.11 Å². The first-order chi connectivity index (χ1) is 14.9. The van der Waals surface area contributed by atoms with Gasteiger partial charge in [0.2, 0.25) is 5.95 Å². The topological polar surface area (TPSA) is 92.0 Å². The summed E-state index contributed by atoms with van der Waals surface area (Å²) in [7, 11) is 5.38. The van der Waals surface area contributed by atoms with Crippen molar-refractivity contribution in [1.29, 1.82) is 0 Å². The van der Waals surface area contributed by atoms with Gasteiger partial charge in [-0.25, -0.2) is 9.78 Å². The summed E-state index contributed by atoms with van der Waals surface area (Å²) in [4.78, 5) is 40.3. The fraction of sp³-hybridized carbons (Fsp3) is 0.364. The van der Waals surface area contributed by atoms with Crippen molar-refractivity contribution in [1.82, 2.24) is 14.9 Å². The molecule has 4 rings (SSSR count). The largest absolute Gasteiger partial charge is 0.493 e. The molecule has 1 aliphatic rings. The number of aromatic nitrogens is 2. The average molecular weight is 423 g/mol. The lowest BCUT2D eigenvalue weighted by atomic mass is 10.1. The predicted octanol–water partition coefficient (Wildman–Crippen LogP) is 1.93. The number of piperazine rings is 1. The Kier molecular flexibility index (Phi) is 5.50. The van der Waals surface area contributed by atoms with Gasteiger partial charge < -0.3 is 23.9 Å². The number of rotatable bonds is 4. The van der Waals surface area contributed by atoms with E-state index in [1.54, 1.807) is 29.2 Å². The Morgan fingerprint density at radius 2 is 1.87 bits per heavy atom. The van der Waals surface area contributed by atoms with Crippen LogP contribution in [0.2, 0.25) is 0 Å². The highest BCUT2D eigenvalue weighted by Crippen LogP contribution is 2.25. The summed E-state index contributed by atoms with van der Waals surface area (Å²) in [5, 5.41) is 0.644.